The summed E-state index contributed by atoms with van der Waals surface area (Å²) in [6.45, 7) is 7.28. The second-order valence-electron chi connectivity index (χ2n) is 5.00. The Morgan fingerprint density at radius 1 is 1.20 bits per heavy atom. The molecular weight excluding hydrogens is 256 g/mol. The maximum Gasteiger partial charge on any atom is 0.272 e. The van der Waals surface area contributed by atoms with Crippen LogP contribution in [0.25, 0.3) is 0 Å². The minimum atomic E-state index is -0.251. The van der Waals surface area contributed by atoms with E-state index in [0.29, 0.717) is 19.8 Å². The molecule has 1 aromatic rings. The molecule has 1 amide bonds. The molecule has 1 aliphatic rings. The molecule has 2 rings (SSSR count). The fourth-order valence-corrected chi connectivity index (χ4v) is 2.64. The average Bonchev–Trinajstić information content (AvgIpc) is 2.39. The smallest absolute Gasteiger partial charge is 0.272 e. The van der Waals surface area contributed by atoms with Gasteiger partial charge < -0.3 is 20.1 Å². The first-order valence-electron chi connectivity index (χ1n) is 7.17. The number of primary amides is 1. The van der Waals surface area contributed by atoms with Gasteiger partial charge in [-0.2, -0.15) is 0 Å². The minimum absolute atomic E-state index is 0.251. The van der Waals surface area contributed by atoms with E-state index in [4.69, 9.17) is 15.2 Å². The fraction of sp³-hybridized carbons (Fsp3) is 0.533. The summed E-state index contributed by atoms with van der Waals surface area (Å²) in [5.41, 5.74) is 7.78. The molecule has 0 aliphatic carbocycles. The number of carbonyl (C=O) groups excluding carboxylic acids is 1. The standard InChI is InChI=1S/C15H22N2O3/c1-3-19-13-7-11-5-6-17(10-15(16)18)9-12(11)8-14(13)20-4-2/h7-8H,3-6,9-10H2,1-2H3,(H2,16,18)/p+1. The van der Waals surface area contributed by atoms with Crippen LogP contribution in [0.2, 0.25) is 0 Å². The first-order chi connectivity index (χ1) is 9.63. The van der Waals surface area contributed by atoms with Gasteiger partial charge in [0.2, 0.25) is 0 Å². The van der Waals surface area contributed by atoms with Crippen molar-refractivity contribution in [1.29, 1.82) is 0 Å². The number of fused-ring (bicyclic) bond motifs is 1. The van der Waals surface area contributed by atoms with Gasteiger partial charge in [0.25, 0.3) is 5.91 Å². The van der Waals surface area contributed by atoms with Crippen LogP contribution in [0.3, 0.4) is 0 Å². The van der Waals surface area contributed by atoms with E-state index in [1.54, 1.807) is 0 Å². The van der Waals surface area contributed by atoms with Crippen molar-refractivity contribution in [3.8, 4) is 11.5 Å². The van der Waals surface area contributed by atoms with Gasteiger partial charge in [-0.25, -0.2) is 0 Å². The number of rotatable bonds is 6. The molecule has 3 N–H and O–H groups in total. The highest BCUT2D eigenvalue weighted by molar-refractivity contribution is 5.74. The van der Waals surface area contributed by atoms with Crippen LogP contribution in [0.15, 0.2) is 12.1 Å². The number of hydrogen-bond acceptors (Lipinski definition) is 3. The van der Waals surface area contributed by atoms with E-state index < -0.39 is 0 Å². The quantitative estimate of drug-likeness (QED) is 0.765. The Morgan fingerprint density at radius 3 is 2.35 bits per heavy atom. The first kappa shape index (κ1) is 14.7. The lowest BCUT2D eigenvalue weighted by atomic mass is 9.99. The monoisotopic (exact) mass is 279 g/mol. The molecule has 20 heavy (non-hydrogen) atoms. The van der Waals surface area contributed by atoms with Crippen LogP contribution in [-0.2, 0) is 17.8 Å². The van der Waals surface area contributed by atoms with E-state index in [9.17, 15) is 4.79 Å². The molecular formula is C15H23N2O3+. The van der Waals surface area contributed by atoms with Gasteiger partial charge in [-0.1, -0.05) is 0 Å². The van der Waals surface area contributed by atoms with Crippen molar-refractivity contribution in [1.82, 2.24) is 0 Å². The zero-order valence-corrected chi connectivity index (χ0v) is 12.2. The fourth-order valence-electron chi connectivity index (χ4n) is 2.64. The zero-order chi connectivity index (χ0) is 14.5. The molecule has 1 unspecified atom stereocenters. The van der Waals surface area contributed by atoms with E-state index in [2.05, 4.69) is 6.07 Å². The molecule has 1 aromatic carbocycles. The number of nitrogens with one attached hydrogen (secondary N) is 1. The van der Waals surface area contributed by atoms with Gasteiger partial charge in [-0.3, -0.25) is 4.79 Å². The Morgan fingerprint density at radius 2 is 1.80 bits per heavy atom. The van der Waals surface area contributed by atoms with Gasteiger partial charge in [-0.15, -0.1) is 0 Å². The van der Waals surface area contributed by atoms with Crippen molar-refractivity contribution in [2.45, 2.75) is 26.8 Å². The molecule has 0 radical (unpaired) electrons. The number of quaternary nitrogens is 1. The number of amides is 1. The van der Waals surface area contributed by atoms with Gasteiger partial charge in [-0.05, 0) is 31.5 Å². The van der Waals surface area contributed by atoms with Gasteiger partial charge in [0.05, 0.1) is 19.8 Å². The first-order valence-corrected chi connectivity index (χ1v) is 7.17. The maximum absolute atomic E-state index is 11.0. The predicted octanol–water partition coefficient (Wildman–Crippen LogP) is -0.0897. The van der Waals surface area contributed by atoms with Crippen LogP contribution < -0.4 is 20.1 Å². The Hall–Kier alpha value is -1.75. The lowest BCUT2D eigenvalue weighted by molar-refractivity contribution is -0.907. The normalized spacial score (nSPS) is 17.4. The van der Waals surface area contributed by atoms with Crippen molar-refractivity contribution in [2.75, 3.05) is 26.3 Å². The zero-order valence-electron chi connectivity index (χ0n) is 12.2. The SMILES string of the molecule is CCOc1cc2c(cc1OCC)C[NH+](CC(N)=O)CC2. The predicted molar refractivity (Wildman–Crippen MR) is 76.1 cm³/mol. The number of hydrogen-bond donors (Lipinski definition) is 2. The van der Waals surface area contributed by atoms with E-state index >= 15 is 0 Å². The van der Waals surface area contributed by atoms with Gasteiger partial charge in [0, 0.05) is 12.0 Å². The Kier molecular flexibility index (Phi) is 4.84. The molecule has 5 nitrogen and oxygen atoms in total. The Balaban J connectivity index is 2.23. The summed E-state index contributed by atoms with van der Waals surface area (Å²) in [5, 5.41) is 0. The van der Waals surface area contributed by atoms with Crippen LogP contribution in [0.5, 0.6) is 11.5 Å². The van der Waals surface area contributed by atoms with Crippen molar-refractivity contribution < 1.29 is 19.2 Å². The Bertz CT molecular complexity index is 488. The van der Waals surface area contributed by atoms with Gasteiger partial charge in [0.15, 0.2) is 18.0 Å². The van der Waals surface area contributed by atoms with E-state index in [1.165, 1.54) is 16.0 Å². The van der Waals surface area contributed by atoms with Crippen LogP contribution in [0.4, 0.5) is 0 Å². The number of ether oxygens (including phenoxy) is 2. The lowest BCUT2D eigenvalue weighted by Crippen LogP contribution is -3.12. The maximum atomic E-state index is 11.0. The number of nitrogens with two attached hydrogens (primary N) is 1. The van der Waals surface area contributed by atoms with Gasteiger partial charge in [0.1, 0.15) is 6.54 Å². The third-order valence-corrected chi connectivity index (χ3v) is 3.48. The van der Waals surface area contributed by atoms with Crippen LogP contribution in [0, 0.1) is 0 Å². The molecule has 0 bridgehead atoms. The van der Waals surface area contributed by atoms with Gasteiger partial charge >= 0.3 is 0 Å². The highest BCUT2D eigenvalue weighted by Gasteiger charge is 2.23. The number of benzene rings is 1. The largest absolute Gasteiger partial charge is 0.490 e. The van der Waals surface area contributed by atoms with Crippen molar-refractivity contribution >= 4 is 5.91 Å². The molecule has 1 aliphatic heterocycles. The third kappa shape index (κ3) is 3.42. The number of carbonyl (C=O) groups is 1. The molecule has 5 heteroatoms. The summed E-state index contributed by atoms with van der Waals surface area (Å²) in [6.07, 6.45) is 0.935. The summed E-state index contributed by atoms with van der Waals surface area (Å²) >= 11 is 0. The van der Waals surface area contributed by atoms with E-state index in [0.717, 1.165) is 31.0 Å². The molecule has 0 saturated carbocycles. The molecule has 1 heterocycles. The average molecular weight is 279 g/mol. The van der Waals surface area contributed by atoms with E-state index in [-0.39, 0.29) is 5.91 Å². The summed E-state index contributed by atoms with van der Waals surface area (Å²) < 4.78 is 11.3. The van der Waals surface area contributed by atoms with Crippen molar-refractivity contribution in [3.05, 3.63) is 23.3 Å². The summed E-state index contributed by atoms with van der Waals surface area (Å²) in [6, 6.07) is 4.12. The third-order valence-electron chi connectivity index (χ3n) is 3.48. The highest BCUT2D eigenvalue weighted by Crippen LogP contribution is 2.32. The minimum Gasteiger partial charge on any atom is -0.490 e. The molecule has 0 spiro atoms. The molecule has 0 saturated heterocycles. The lowest BCUT2D eigenvalue weighted by Gasteiger charge is -2.26. The molecule has 0 fully saturated rings. The second kappa shape index (κ2) is 6.61. The molecule has 1 atom stereocenters. The van der Waals surface area contributed by atoms with Crippen molar-refractivity contribution in [3.63, 3.8) is 0 Å². The Labute approximate surface area is 119 Å². The molecule has 0 aromatic heterocycles. The van der Waals surface area contributed by atoms with E-state index in [1.807, 2.05) is 19.9 Å². The van der Waals surface area contributed by atoms with Crippen LogP contribution in [-0.4, -0.2) is 32.2 Å². The van der Waals surface area contributed by atoms with Crippen molar-refractivity contribution in [2.24, 2.45) is 5.73 Å². The summed E-state index contributed by atoms with van der Waals surface area (Å²) in [7, 11) is 0. The van der Waals surface area contributed by atoms with Crippen LogP contribution in [0.1, 0.15) is 25.0 Å². The second-order valence-corrected chi connectivity index (χ2v) is 5.00. The highest BCUT2D eigenvalue weighted by atomic mass is 16.5. The summed E-state index contributed by atoms with van der Waals surface area (Å²) in [5.74, 6) is 1.35. The van der Waals surface area contributed by atoms with Crippen LogP contribution >= 0.6 is 0 Å². The summed E-state index contributed by atoms with van der Waals surface area (Å²) in [4.78, 5) is 12.3. The molecule has 110 valence electrons. The topological polar surface area (TPSA) is 66.0 Å².